The van der Waals surface area contributed by atoms with E-state index < -0.39 is 0 Å². The largest absolute Gasteiger partial charge is 0.497 e. The first-order valence-corrected chi connectivity index (χ1v) is 12.1. The van der Waals surface area contributed by atoms with Crippen molar-refractivity contribution in [2.75, 3.05) is 43.9 Å². The Morgan fingerprint density at radius 2 is 1.72 bits per heavy atom. The number of halogens is 1. The number of hydrogen-bond donors (Lipinski definition) is 0. The molecule has 4 rings (SSSR count). The number of benzene rings is 2. The molecule has 2 heterocycles. The summed E-state index contributed by atoms with van der Waals surface area (Å²) in [5.41, 5.74) is 5.20. The van der Waals surface area contributed by atoms with Gasteiger partial charge in [0.05, 0.1) is 7.11 Å². The van der Waals surface area contributed by atoms with Crippen molar-refractivity contribution >= 4 is 39.0 Å². The first kappa shape index (κ1) is 20.8. The van der Waals surface area contributed by atoms with E-state index in [-0.39, 0.29) is 0 Å². The van der Waals surface area contributed by atoms with Crippen LogP contribution in [0.2, 0.25) is 0 Å². The molecule has 29 heavy (non-hydrogen) atoms. The molecule has 2 aromatic rings. The van der Waals surface area contributed by atoms with Gasteiger partial charge >= 0.3 is 0 Å². The number of anilines is 1. The summed E-state index contributed by atoms with van der Waals surface area (Å²) in [4.78, 5) is 6.36. The van der Waals surface area contributed by atoms with Crippen molar-refractivity contribution in [3.8, 4) is 5.75 Å². The quantitative estimate of drug-likeness (QED) is 0.551. The molecule has 0 aliphatic carbocycles. The Balaban J connectivity index is 1.59. The third kappa shape index (κ3) is 4.52. The van der Waals surface area contributed by atoms with Gasteiger partial charge < -0.3 is 9.64 Å². The van der Waals surface area contributed by atoms with E-state index in [1.54, 1.807) is 7.11 Å². The van der Waals surface area contributed by atoms with Gasteiger partial charge in [-0.25, -0.2) is 0 Å². The lowest BCUT2D eigenvalue weighted by Crippen LogP contribution is -2.48. The molecule has 2 aliphatic rings. The van der Waals surface area contributed by atoms with E-state index in [2.05, 4.69) is 82.0 Å². The second-order valence-corrected chi connectivity index (χ2v) is 10.00. The summed E-state index contributed by atoms with van der Waals surface area (Å²) >= 11 is 5.79. The summed E-state index contributed by atoms with van der Waals surface area (Å²) in [6.45, 7) is 9.06. The number of allylic oxidation sites excluding steroid dienone is 1. The molecule has 0 radical (unpaired) electrons. The zero-order chi connectivity index (χ0) is 20.4. The summed E-state index contributed by atoms with van der Waals surface area (Å²) in [5.74, 6) is 1.99. The van der Waals surface area contributed by atoms with Crippen LogP contribution in [-0.4, -0.2) is 50.0 Å². The maximum atomic E-state index is 5.44. The number of hydrogen-bond acceptors (Lipinski definition) is 4. The fraction of sp³-hybridized carbons (Fsp3) is 0.417. The highest BCUT2D eigenvalue weighted by molar-refractivity contribution is 9.11. The predicted octanol–water partition coefficient (Wildman–Crippen LogP) is 5.88. The van der Waals surface area contributed by atoms with E-state index in [0.29, 0.717) is 6.04 Å². The van der Waals surface area contributed by atoms with Gasteiger partial charge in [0.2, 0.25) is 0 Å². The van der Waals surface area contributed by atoms with E-state index in [0.717, 1.165) is 44.1 Å². The first-order chi connectivity index (χ1) is 14.1. The molecule has 0 bridgehead atoms. The van der Waals surface area contributed by atoms with Crippen LogP contribution >= 0.6 is 27.7 Å². The Morgan fingerprint density at radius 3 is 2.38 bits per heavy atom. The number of ether oxygens (including phenoxy) is 1. The highest BCUT2D eigenvalue weighted by Crippen LogP contribution is 2.42. The molecule has 0 spiro atoms. The van der Waals surface area contributed by atoms with Crippen molar-refractivity contribution in [1.29, 1.82) is 0 Å². The standard InChI is InChI=1S/C24H29BrN2OS/c1-17(2)26-11-13-27(14-12-26)19-6-4-18(5-7-19)24-21-9-8-20(28-3)16-23(21)29-15-10-22(24)25/h4-9,16-17H,10-15H2,1-3H3. The second kappa shape index (κ2) is 9.15. The lowest BCUT2D eigenvalue weighted by Gasteiger charge is -2.38. The van der Waals surface area contributed by atoms with Crippen LogP contribution in [0.4, 0.5) is 5.69 Å². The van der Waals surface area contributed by atoms with Crippen LogP contribution in [0.3, 0.4) is 0 Å². The second-order valence-electron chi connectivity index (χ2n) is 7.90. The van der Waals surface area contributed by atoms with Crippen LogP contribution in [0.25, 0.3) is 5.57 Å². The highest BCUT2D eigenvalue weighted by Gasteiger charge is 2.21. The molecule has 0 aromatic heterocycles. The van der Waals surface area contributed by atoms with Crippen molar-refractivity contribution in [3.63, 3.8) is 0 Å². The normalized spacial score (nSPS) is 18.0. The lowest BCUT2D eigenvalue weighted by molar-refractivity contribution is 0.209. The monoisotopic (exact) mass is 472 g/mol. The van der Waals surface area contributed by atoms with Crippen molar-refractivity contribution in [2.24, 2.45) is 0 Å². The van der Waals surface area contributed by atoms with Gasteiger partial charge in [-0.1, -0.05) is 28.1 Å². The van der Waals surface area contributed by atoms with Gasteiger partial charge in [0.25, 0.3) is 0 Å². The summed E-state index contributed by atoms with van der Waals surface area (Å²) in [6, 6.07) is 16.2. The fourth-order valence-electron chi connectivity index (χ4n) is 4.12. The maximum absolute atomic E-state index is 5.44. The molecular weight excluding hydrogens is 444 g/mol. The van der Waals surface area contributed by atoms with Gasteiger partial charge in [0, 0.05) is 58.6 Å². The molecule has 3 nitrogen and oxygen atoms in total. The Hall–Kier alpha value is -1.43. The topological polar surface area (TPSA) is 15.7 Å². The van der Waals surface area contributed by atoms with E-state index in [4.69, 9.17) is 4.74 Å². The Kier molecular flexibility index (Phi) is 6.57. The Labute approximate surface area is 187 Å². The third-order valence-corrected chi connectivity index (χ3v) is 7.72. The number of thioether (sulfide) groups is 1. The molecule has 154 valence electrons. The van der Waals surface area contributed by atoms with Gasteiger partial charge in [0.1, 0.15) is 5.75 Å². The molecule has 0 amide bonds. The van der Waals surface area contributed by atoms with E-state index in [1.165, 1.54) is 31.8 Å². The molecule has 2 aliphatic heterocycles. The van der Waals surface area contributed by atoms with E-state index in [9.17, 15) is 0 Å². The lowest BCUT2D eigenvalue weighted by atomic mass is 9.96. The number of piperazine rings is 1. The van der Waals surface area contributed by atoms with Crippen molar-refractivity contribution in [1.82, 2.24) is 4.90 Å². The Bertz CT molecular complexity index is 886. The molecule has 1 saturated heterocycles. The predicted molar refractivity (Wildman–Crippen MR) is 129 cm³/mol. The maximum Gasteiger partial charge on any atom is 0.120 e. The van der Waals surface area contributed by atoms with Crippen LogP contribution in [0.1, 0.15) is 31.4 Å². The van der Waals surface area contributed by atoms with Crippen LogP contribution in [0.15, 0.2) is 51.8 Å². The molecule has 0 saturated carbocycles. The number of nitrogens with zero attached hydrogens (tertiary/aromatic N) is 2. The van der Waals surface area contributed by atoms with Crippen LogP contribution < -0.4 is 9.64 Å². The molecule has 2 aromatic carbocycles. The SMILES string of the molecule is COc1ccc2c(c1)SCCC(Br)=C2c1ccc(N2CCN(C(C)C)CC2)cc1. The number of rotatable bonds is 4. The van der Waals surface area contributed by atoms with Crippen LogP contribution in [0.5, 0.6) is 5.75 Å². The van der Waals surface area contributed by atoms with Crippen LogP contribution in [0, 0.1) is 0 Å². The smallest absolute Gasteiger partial charge is 0.120 e. The number of fused-ring (bicyclic) bond motifs is 1. The molecular formula is C24H29BrN2OS. The average molecular weight is 473 g/mol. The van der Waals surface area contributed by atoms with Gasteiger partial charge in [-0.3, -0.25) is 4.90 Å². The van der Waals surface area contributed by atoms with Gasteiger partial charge in [-0.05, 0) is 61.7 Å². The van der Waals surface area contributed by atoms with Crippen molar-refractivity contribution < 1.29 is 4.74 Å². The van der Waals surface area contributed by atoms with Crippen LogP contribution in [-0.2, 0) is 0 Å². The number of methoxy groups -OCH3 is 1. The molecule has 1 fully saturated rings. The summed E-state index contributed by atoms with van der Waals surface area (Å²) in [5, 5.41) is 0. The molecule has 0 atom stereocenters. The minimum Gasteiger partial charge on any atom is -0.497 e. The summed E-state index contributed by atoms with van der Waals surface area (Å²) < 4.78 is 6.73. The minimum atomic E-state index is 0.635. The van der Waals surface area contributed by atoms with E-state index >= 15 is 0 Å². The van der Waals surface area contributed by atoms with Gasteiger partial charge in [0.15, 0.2) is 0 Å². The minimum absolute atomic E-state index is 0.635. The third-order valence-electron chi connectivity index (χ3n) is 5.87. The zero-order valence-corrected chi connectivity index (χ0v) is 19.9. The van der Waals surface area contributed by atoms with Crippen molar-refractivity contribution in [2.45, 2.75) is 31.2 Å². The average Bonchev–Trinajstić information content (AvgIpc) is 2.91. The highest BCUT2D eigenvalue weighted by atomic mass is 79.9. The Morgan fingerprint density at radius 1 is 1.00 bits per heavy atom. The molecule has 0 N–H and O–H groups in total. The zero-order valence-electron chi connectivity index (χ0n) is 17.5. The van der Waals surface area contributed by atoms with E-state index in [1.807, 2.05) is 11.8 Å². The molecule has 5 heteroatoms. The first-order valence-electron chi connectivity index (χ1n) is 10.4. The fourth-order valence-corrected chi connectivity index (χ4v) is 6.08. The van der Waals surface area contributed by atoms with Crippen molar-refractivity contribution in [3.05, 3.63) is 58.1 Å². The molecule has 0 unspecified atom stereocenters. The summed E-state index contributed by atoms with van der Waals surface area (Å²) in [6.07, 6.45) is 1.04. The van der Waals surface area contributed by atoms with Gasteiger partial charge in [-0.2, -0.15) is 0 Å². The van der Waals surface area contributed by atoms with Gasteiger partial charge in [-0.15, -0.1) is 11.8 Å². The summed E-state index contributed by atoms with van der Waals surface area (Å²) in [7, 11) is 1.73.